The van der Waals surface area contributed by atoms with E-state index in [0.29, 0.717) is 11.0 Å². The van der Waals surface area contributed by atoms with E-state index in [-0.39, 0.29) is 15.8 Å². The first-order chi connectivity index (χ1) is 12.1. The Morgan fingerprint density at radius 2 is 1.60 bits per heavy atom. The fourth-order valence-corrected chi connectivity index (χ4v) is 4.13. The van der Waals surface area contributed by atoms with E-state index in [4.69, 9.17) is 0 Å². The highest BCUT2D eigenvalue weighted by Gasteiger charge is 2.19. The van der Waals surface area contributed by atoms with Crippen molar-refractivity contribution in [3.63, 3.8) is 0 Å². The Morgan fingerprint density at radius 3 is 2.24 bits per heavy atom. The summed E-state index contributed by atoms with van der Waals surface area (Å²) in [6.07, 6.45) is 2.85. The molecule has 0 saturated carbocycles. The summed E-state index contributed by atoms with van der Waals surface area (Å²) in [6.45, 7) is 0. The maximum absolute atomic E-state index is 12.5. The molecule has 3 aromatic heterocycles. The van der Waals surface area contributed by atoms with Gasteiger partial charge in [0.25, 0.3) is 10.0 Å². The van der Waals surface area contributed by atoms with Crippen LogP contribution in [0, 0.1) is 0 Å². The highest BCUT2D eigenvalue weighted by Crippen LogP contribution is 2.25. The molecule has 9 nitrogen and oxygen atoms in total. The van der Waals surface area contributed by atoms with Crippen molar-refractivity contribution in [1.29, 1.82) is 0 Å². The number of thiophene rings is 1. The monoisotopic (exact) mass is 373 g/mol. The summed E-state index contributed by atoms with van der Waals surface area (Å²) in [5.74, 6) is 0.319. The van der Waals surface area contributed by atoms with E-state index < -0.39 is 10.0 Å². The van der Waals surface area contributed by atoms with E-state index in [9.17, 15) is 8.42 Å². The SMILES string of the molecule is O=S(=O)(Nc1nc2ccccc2nc1Nn1cnnc1)c1cccs1. The minimum atomic E-state index is -3.75. The second-order valence-corrected chi connectivity index (χ2v) is 7.79. The molecule has 3 heterocycles. The van der Waals surface area contributed by atoms with Crippen LogP contribution in [0.5, 0.6) is 0 Å². The normalized spacial score (nSPS) is 11.5. The lowest BCUT2D eigenvalue weighted by atomic mass is 10.3. The molecule has 0 aliphatic rings. The third-order valence-electron chi connectivity index (χ3n) is 3.22. The number of hydrogen-bond donors (Lipinski definition) is 2. The predicted octanol–water partition coefficient (Wildman–Crippen LogP) is 1.96. The molecule has 1 aromatic carbocycles. The molecule has 0 saturated heterocycles. The zero-order valence-electron chi connectivity index (χ0n) is 12.6. The van der Waals surface area contributed by atoms with Gasteiger partial charge in [-0.15, -0.1) is 21.5 Å². The number of para-hydroxylation sites is 2. The third kappa shape index (κ3) is 3.14. The van der Waals surface area contributed by atoms with E-state index in [1.165, 1.54) is 23.4 Å². The lowest BCUT2D eigenvalue weighted by Crippen LogP contribution is -2.17. The first-order valence-electron chi connectivity index (χ1n) is 7.06. The molecule has 4 rings (SSSR count). The van der Waals surface area contributed by atoms with Gasteiger partial charge in [0.05, 0.1) is 11.0 Å². The van der Waals surface area contributed by atoms with Gasteiger partial charge in [-0.05, 0) is 23.6 Å². The average molecular weight is 373 g/mol. The first kappa shape index (κ1) is 15.5. The summed E-state index contributed by atoms with van der Waals surface area (Å²) in [5, 5.41) is 9.07. The molecule has 4 aromatic rings. The van der Waals surface area contributed by atoms with Crippen molar-refractivity contribution >= 4 is 44.0 Å². The Bertz CT molecular complexity index is 1110. The second kappa shape index (κ2) is 6.11. The van der Waals surface area contributed by atoms with Gasteiger partial charge < -0.3 is 0 Å². The van der Waals surface area contributed by atoms with Crippen LogP contribution in [0.15, 0.2) is 58.6 Å². The van der Waals surface area contributed by atoms with E-state index in [0.717, 1.165) is 11.3 Å². The largest absolute Gasteiger partial charge is 0.272 e. The lowest BCUT2D eigenvalue weighted by molar-refractivity contribution is 0.603. The highest BCUT2D eigenvalue weighted by atomic mass is 32.2. The maximum Gasteiger partial charge on any atom is 0.272 e. The molecular weight excluding hydrogens is 362 g/mol. The fourth-order valence-electron chi connectivity index (χ4n) is 2.12. The van der Waals surface area contributed by atoms with Crippen molar-refractivity contribution in [2.24, 2.45) is 0 Å². The second-order valence-electron chi connectivity index (χ2n) is 4.93. The Balaban J connectivity index is 1.80. The number of benzene rings is 1. The van der Waals surface area contributed by atoms with Crippen molar-refractivity contribution in [1.82, 2.24) is 24.8 Å². The Labute approximate surface area is 146 Å². The minimum absolute atomic E-state index is 0.0841. The number of anilines is 2. The van der Waals surface area contributed by atoms with Gasteiger partial charge in [0, 0.05) is 0 Å². The van der Waals surface area contributed by atoms with Crippen LogP contribution in [0.3, 0.4) is 0 Å². The fraction of sp³-hybridized carbons (Fsp3) is 0. The number of nitrogens with one attached hydrogen (secondary N) is 2. The van der Waals surface area contributed by atoms with Gasteiger partial charge in [0.2, 0.25) is 0 Å². The minimum Gasteiger partial charge on any atom is -0.272 e. The molecule has 0 aliphatic heterocycles. The molecule has 25 heavy (non-hydrogen) atoms. The predicted molar refractivity (Wildman–Crippen MR) is 93.7 cm³/mol. The number of nitrogens with zero attached hydrogens (tertiary/aromatic N) is 5. The van der Waals surface area contributed by atoms with Gasteiger partial charge in [0.15, 0.2) is 11.6 Å². The van der Waals surface area contributed by atoms with E-state index in [2.05, 4.69) is 30.3 Å². The number of rotatable bonds is 5. The van der Waals surface area contributed by atoms with Crippen molar-refractivity contribution in [2.75, 3.05) is 10.1 Å². The van der Waals surface area contributed by atoms with E-state index >= 15 is 0 Å². The van der Waals surface area contributed by atoms with Crippen LogP contribution in [-0.2, 0) is 10.0 Å². The zero-order valence-corrected chi connectivity index (χ0v) is 14.2. The quantitative estimate of drug-likeness (QED) is 0.549. The lowest BCUT2D eigenvalue weighted by Gasteiger charge is -2.13. The summed E-state index contributed by atoms with van der Waals surface area (Å²) < 4.78 is 29.2. The molecule has 0 spiro atoms. The molecule has 11 heteroatoms. The Kier molecular flexibility index (Phi) is 3.78. The van der Waals surface area contributed by atoms with Crippen LogP contribution in [0.25, 0.3) is 11.0 Å². The number of aromatic nitrogens is 5. The molecule has 0 bridgehead atoms. The van der Waals surface area contributed by atoms with Crippen LogP contribution in [0.1, 0.15) is 0 Å². The zero-order chi connectivity index (χ0) is 17.3. The molecule has 2 N–H and O–H groups in total. The summed E-state index contributed by atoms with van der Waals surface area (Å²) in [4.78, 5) is 8.83. The summed E-state index contributed by atoms with van der Waals surface area (Å²) >= 11 is 1.12. The van der Waals surface area contributed by atoms with Gasteiger partial charge in [-0.2, -0.15) is 0 Å². The molecule has 0 fully saturated rings. The number of sulfonamides is 1. The van der Waals surface area contributed by atoms with Crippen molar-refractivity contribution < 1.29 is 8.42 Å². The molecule has 0 aliphatic carbocycles. The molecular formula is C14H11N7O2S2. The van der Waals surface area contributed by atoms with Crippen molar-refractivity contribution in [2.45, 2.75) is 4.21 Å². The average Bonchev–Trinajstić information content (AvgIpc) is 3.29. The van der Waals surface area contributed by atoms with E-state index in [1.807, 2.05) is 6.07 Å². The molecule has 0 unspecified atom stereocenters. The van der Waals surface area contributed by atoms with Crippen molar-refractivity contribution in [3.8, 4) is 0 Å². The summed E-state index contributed by atoms with van der Waals surface area (Å²) in [7, 11) is -3.75. The van der Waals surface area contributed by atoms with Crippen LogP contribution >= 0.6 is 11.3 Å². The number of hydrogen-bond acceptors (Lipinski definition) is 8. The van der Waals surface area contributed by atoms with Gasteiger partial charge in [-0.3, -0.25) is 10.1 Å². The molecule has 0 amide bonds. The van der Waals surface area contributed by atoms with Gasteiger partial charge in [-0.1, -0.05) is 18.2 Å². The number of fused-ring (bicyclic) bond motifs is 1. The van der Waals surface area contributed by atoms with Crippen LogP contribution in [0.2, 0.25) is 0 Å². The van der Waals surface area contributed by atoms with E-state index in [1.54, 1.807) is 29.6 Å². The van der Waals surface area contributed by atoms with Crippen LogP contribution in [0.4, 0.5) is 11.6 Å². The molecule has 0 atom stereocenters. The Hall–Kier alpha value is -3.05. The maximum atomic E-state index is 12.5. The van der Waals surface area contributed by atoms with Gasteiger partial charge >= 0.3 is 0 Å². The summed E-state index contributed by atoms with van der Waals surface area (Å²) in [5.41, 5.74) is 4.10. The molecule has 126 valence electrons. The topological polar surface area (TPSA) is 115 Å². The summed E-state index contributed by atoms with van der Waals surface area (Å²) in [6, 6.07) is 10.4. The van der Waals surface area contributed by atoms with Gasteiger partial charge in [0.1, 0.15) is 16.9 Å². The standard InChI is InChI=1S/C14H11N7O2S2/c22-25(23,12-6-3-7-24-12)20-14-13(19-21-8-15-16-9-21)17-10-4-1-2-5-11(10)18-14/h1-9H,(H,17,19)(H,18,20). The highest BCUT2D eigenvalue weighted by molar-refractivity contribution is 7.94. The van der Waals surface area contributed by atoms with Crippen LogP contribution < -0.4 is 10.1 Å². The van der Waals surface area contributed by atoms with Crippen LogP contribution in [-0.4, -0.2) is 33.3 Å². The van der Waals surface area contributed by atoms with Crippen molar-refractivity contribution in [3.05, 3.63) is 54.4 Å². The smallest absolute Gasteiger partial charge is 0.272 e. The molecule has 0 radical (unpaired) electrons. The third-order valence-corrected chi connectivity index (χ3v) is 5.95. The first-order valence-corrected chi connectivity index (χ1v) is 9.43. The Morgan fingerprint density at radius 1 is 0.920 bits per heavy atom. The van der Waals surface area contributed by atoms with Gasteiger partial charge in [-0.25, -0.2) is 23.1 Å².